The predicted octanol–water partition coefficient (Wildman–Crippen LogP) is 3.72. The Bertz CT molecular complexity index is 747. The topological polar surface area (TPSA) is 57.2 Å². The fourth-order valence-corrected chi connectivity index (χ4v) is 4.52. The van der Waals surface area contributed by atoms with Crippen molar-refractivity contribution in [1.82, 2.24) is 10.2 Å². The second-order valence-electron chi connectivity index (χ2n) is 8.24. The maximum Gasteiger partial charge on any atom is 0.309 e. The second kappa shape index (κ2) is 10.9. The fraction of sp³-hybridized carbons (Fsp3) is 0.652. The lowest BCUT2D eigenvalue weighted by Gasteiger charge is -2.33. The van der Waals surface area contributed by atoms with E-state index in [2.05, 4.69) is 41.1 Å². The van der Waals surface area contributed by atoms with E-state index in [0.717, 1.165) is 69.5 Å². The number of esters is 1. The minimum Gasteiger partial charge on any atom is -0.466 e. The molecule has 166 valence electrons. The van der Waals surface area contributed by atoms with Crippen LogP contribution in [0.2, 0.25) is 5.02 Å². The van der Waals surface area contributed by atoms with Gasteiger partial charge in [0, 0.05) is 50.0 Å². The smallest absolute Gasteiger partial charge is 0.309 e. The fourth-order valence-electron chi connectivity index (χ4n) is 4.35. The zero-order valence-corrected chi connectivity index (χ0v) is 19.2. The molecule has 7 heteroatoms. The van der Waals surface area contributed by atoms with E-state index < -0.39 is 0 Å². The average Bonchev–Trinajstić information content (AvgIpc) is 3.22. The van der Waals surface area contributed by atoms with Crippen LogP contribution in [-0.2, 0) is 9.53 Å². The molecule has 2 saturated heterocycles. The number of likely N-dealkylation sites (tertiary alicyclic amines) is 1. The molecule has 0 amide bonds. The average molecular weight is 435 g/mol. The summed E-state index contributed by atoms with van der Waals surface area (Å²) in [6.45, 7) is 11.9. The first kappa shape index (κ1) is 22.7. The first-order valence-electron chi connectivity index (χ1n) is 11.2. The Kier molecular flexibility index (Phi) is 8.25. The number of halogens is 1. The summed E-state index contributed by atoms with van der Waals surface area (Å²) >= 11 is 6.21. The van der Waals surface area contributed by atoms with Gasteiger partial charge in [0.2, 0.25) is 0 Å². The molecule has 1 unspecified atom stereocenters. The van der Waals surface area contributed by atoms with Crippen LogP contribution < -0.4 is 10.2 Å². The van der Waals surface area contributed by atoms with Crippen LogP contribution in [0.5, 0.6) is 0 Å². The highest BCUT2D eigenvalue weighted by Gasteiger charge is 2.28. The first-order valence-corrected chi connectivity index (χ1v) is 11.6. The van der Waals surface area contributed by atoms with E-state index in [1.807, 2.05) is 13.0 Å². The van der Waals surface area contributed by atoms with Gasteiger partial charge >= 0.3 is 5.97 Å². The molecule has 6 nitrogen and oxygen atoms in total. The number of rotatable bonds is 6. The van der Waals surface area contributed by atoms with E-state index in [-0.39, 0.29) is 11.9 Å². The summed E-state index contributed by atoms with van der Waals surface area (Å²) in [5.41, 5.74) is 2.50. The molecule has 2 fully saturated rings. The van der Waals surface area contributed by atoms with E-state index in [4.69, 9.17) is 21.3 Å². The molecular formula is C23H35ClN4O2. The van der Waals surface area contributed by atoms with E-state index in [1.54, 1.807) is 0 Å². The van der Waals surface area contributed by atoms with Gasteiger partial charge in [0.15, 0.2) is 5.96 Å². The number of nitrogens with one attached hydrogen (secondary N) is 1. The Hall–Kier alpha value is -1.95. The Balaban J connectivity index is 1.55. The summed E-state index contributed by atoms with van der Waals surface area (Å²) in [7, 11) is 0. The monoisotopic (exact) mass is 434 g/mol. The molecule has 1 aromatic rings. The molecule has 2 heterocycles. The number of anilines is 1. The minimum atomic E-state index is -0.0542. The number of aliphatic imine (C=N–C) groups is 1. The van der Waals surface area contributed by atoms with Crippen molar-refractivity contribution in [3.8, 4) is 0 Å². The van der Waals surface area contributed by atoms with Crippen molar-refractivity contribution in [3.63, 3.8) is 0 Å². The normalized spacial score (nSPS) is 20.5. The summed E-state index contributed by atoms with van der Waals surface area (Å²) < 4.78 is 5.19. The molecule has 0 aromatic heterocycles. The van der Waals surface area contributed by atoms with Crippen LogP contribution in [0.4, 0.5) is 5.69 Å². The maximum absolute atomic E-state index is 12.0. The minimum absolute atomic E-state index is 0.0217. The standard InChI is InChI=1S/C23H35ClN4O2/c1-4-25-23(27-12-9-19(10-13-27)22(29)30-5-2)26-15-18-8-11-28(16-18)21-14-20(24)7-6-17(21)3/h6-7,14,18-19H,4-5,8-13,15-16H2,1-3H3,(H,25,26). The van der Waals surface area contributed by atoms with Gasteiger partial charge < -0.3 is 19.9 Å². The zero-order chi connectivity index (χ0) is 21.5. The van der Waals surface area contributed by atoms with Crippen LogP contribution in [0.1, 0.15) is 38.7 Å². The summed E-state index contributed by atoms with van der Waals surface area (Å²) in [5.74, 6) is 1.47. The summed E-state index contributed by atoms with van der Waals surface area (Å²) in [4.78, 5) is 21.7. The Morgan fingerprint density at radius 2 is 2.00 bits per heavy atom. The number of carbonyl (C=O) groups excluding carboxylic acids is 1. The van der Waals surface area contributed by atoms with Crippen LogP contribution >= 0.6 is 11.6 Å². The highest BCUT2D eigenvalue weighted by molar-refractivity contribution is 6.30. The third-order valence-corrected chi connectivity index (χ3v) is 6.28. The number of guanidine groups is 1. The Labute approximate surface area is 185 Å². The van der Waals surface area contributed by atoms with Crippen LogP contribution in [0, 0.1) is 18.8 Å². The van der Waals surface area contributed by atoms with E-state index >= 15 is 0 Å². The Morgan fingerprint density at radius 1 is 1.23 bits per heavy atom. The number of aryl methyl sites for hydroxylation is 1. The lowest BCUT2D eigenvalue weighted by Crippen LogP contribution is -2.47. The molecule has 2 aliphatic rings. The number of ether oxygens (including phenoxy) is 1. The van der Waals surface area contributed by atoms with Gasteiger partial charge in [-0.25, -0.2) is 0 Å². The molecule has 1 aromatic carbocycles. The van der Waals surface area contributed by atoms with Crippen molar-refractivity contribution in [1.29, 1.82) is 0 Å². The lowest BCUT2D eigenvalue weighted by molar-refractivity contribution is -0.149. The molecule has 0 bridgehead atoms. The van der Waals surface area contributed by atoms with Gasteiger partial charge in [-0.1, -0.05) is 17.7 Å². The van der Waals surface area contributed by atoms with Gasteiger partial charge in [-0.15, -0.1) is 0 Å². The SMILES string of the molecule is CCNC(=NCC1CCN(c2cc(Cl)ccc2C)C1)N1CCC(C(=O)OCC)CC1. The summed E-state index contributed by atoms with van der Waals surface area (Å²) in [6.07, 6.45) is 2.79. The van der Waals surface area contributed by atoms with Crippen LogP contribution in [0.3, 0.4) is 0 Å². The van der Waals surface area contributed by atoms with Gasteiger partial charge in [0.1, 0.15) is 0 Å². The molecular weight excluding hydrogens is 400 g/mol. The van der Waals surface area contributed by atoms with Crippen LogP contribution in [-0.4, -0.2) is 62.7 Å². The number of hydrogen-bond acceptors (Lipinski definition) is 4. The molecule has 0 radical (unpaired) electrons. The van der Waals surface area contributed by atoms with Crippen molar-refractivity contribution in [2.24, 2.45) is 16.8 Å². The third kappa shape index (κ3) is 5.81. The molecule has 0 spiro atoms. The number of hydrogen-bond donors (Lipinski definition) is 1. The highest BCUT2D eigenvalue weighted by Crippen LogP contribution is 2.29. The maximum atomic E-state index is 12.0. The second-order valence-corrected chi connectivity index (χ2v) is 8.68. The number of piperidine rings is 1. The largest absolute Gasteiger partial charge is 0.466 e. The number of nitrogens with zero attached hydrogens (tertiary/aromatic N) is 3. The first-order chi connectivity index (χ1) is 14.5. The van der Waals surface area contributed by atoms with E-state index in [1.165, 1.54) is 11.3 Å². The van der Waals surface area contributed by atoms with Crippen LogP contribution in [0.15, 0.2) is 23.2 Å². The summed E-state index contributed by atoms with van der Waals surface area (Å²) in [6, 6.07) is 6.11. The number of carbonyl (C=O) groups is 1. The lowest BCUT2D eigenvalue weighted by atomic mass is 9.97. The predicted molar refractivity (Wildman–Crippen MR) is 123 cm³/mol. The quantitative estimate of drug-likeness (QED) is 0.420. The number of benzene rings is 1. The van der Waals surface area contributed by atoms with Crippen LogP contribution in [0.25, 0.3) is 0 Å². The van der Waals surface area contributed by atoms with Crippen molar-refractivity contribution >= 4 is 29.2 Å². The van der Waals surface area contributed by atoms with E-state index in [0.29, 0.717) is 12.5 Å². The van der Waals surface area contributed by atoms with Gasteiger partial charge in [-0.3, -0.25) is 9.79 Å². The van der Waals surface area contributed by atoms with Gasteiger partial charge in [-0.2, -0.15) is 0 Å². The molecule has 30 heavy (non-hydrogen) atoms. The molecule has 1 N–H and O–H groups in total. The van der Waals surface area contributed by atoms with Crippen molar-refractivity contribution < 1.29 is 9.53 Å². The van der Waals surface area contributed by atoms with E-state index in [9.17, 15) is 4.79 Å². The molecule has 0 saturated carbocycles. The van der Waals surface area contributed by atoms with Gasteiger partial charge in [0.25, 0.3) is 0 Å². The molecule has 3 rings (SSSR count). The molecule has 0 aliphatic carbocycles. The third-order valence-electron chi connectivity index (χ3n) is 6.05. The van der Waals surface area contributed by atoms with Gasteiger partial charge in [0.05, 0.1) is 12.5 Å². The van der Waals surface area contributed by atoms with Crippen molar-refractivity contribution in [2.75, 3.05) is 50.8 Å². The Morgan fingerprint density at radius 3 is 2.70 bits per heavy atom. The summed E-state index contributed by atoms with van der Waals surface area (Å²) in [5, 5.41) is 4.22. The van der Waals surface area contributed by atoms with Crippen molar-refractivity contribution in [3.05, 3.63) is 28.8 Å². The molecule has 1 atom stereocenters. The highest BCUT2D eigenvalue weighted by atomic mass is 35.5. The van der Waals surface area contributed by atoms with Crippen molar-refractivity contribution in [2.45, 2.75) is 40.0 Å². The molecule has 2 aliphatic heterocycles. The van der Waals surface area contributed by atoms with Gasteiger partial charge in [-0.05, 0) is 63.6 Å². The zero-order valence-electron chi connectivity index (χ0n) is 18.5.